The number of rotatable bonds is 7. The second-order valence-corrected chi connectivity index (χ2v) is 7.05. The molecule has 0 aliphatic carbocycles. The molecule has 1 amide bonds. The van der Waals surface area contributed by atoms with Gasteiger partial charge in [-0.15, -0.1) is 11.8 Å². The summed E-state index contributed by atoms with van der Waals surface area (Å²) < 4.78 is 10.5. The van der Waals surface area contributed by atoms with E-state index >= 15 is 0 Å². The average molecular weight is 394 g/mol. The minimum atomic E-state index is -0.981. The van der Waals surface area contributed by atoms with Crippen LogP contribution in [0.15, 0.2) is 47.4 Å². The van der Waals surface area contributed by atoms with Crippen LogP contribution in [0.3, 0.4) is 0 Å². The molecule has 0 spiro atoms. The first-order valence-corrected chi connectivity index (χ1v) is 9.39. The zero-order chi connectivity index (χ0) is 19.1. The molecular weight excluding hydrogens is 374 g/mol. The van der Waals surface area contributed by atoms with Crippen LogP contribution in [0.4, 0.5) is 5.69 Å². The van der Waals surface area contributed by atoms with Gasteiger partial charge < -0.3 is 14.8 Å². The largest absolute Gasteiger partial charge is 0.495 e. The second kappa shape index (κ2) is 9.50. The number of nitrogens with one attached hydrogen (secondary N) is 1. The van der Waals surface area contributed by atoms with E-state index in [1.54, 1.807) is 42.1 Å². The summed E-state index contributed by atoms with van der Waals surface area (Å²) in [6, 6.07) is 12.0. The van der Waals surface area contributed by atoms with Crippen molar-refractivity contribution in [2.24, 2.45) is 0 Å². The Labute approximate surface area is 162 Å². The van der Waals surface area contributed by atoms with Crippen LogP contribution < -0.4 is 10.1 Å². The van der Waals surface area contributed by atoms with Crippen LogP contribution in [0.1, 0.15) is 24.2 Å². The number of methoxy groups -OCH3 is 1. The fourth-order valence-electron chi connectivity index (χ4n) is 2.21. The summed E-state index contributed by atoms with van der Waals surface area (Å²) in [5.74, 6) is 0.280. The lowest BCUT2D eigenvalue weighted by Crippen LogP contribution is -2.30. The lowest BCUT2D eigenvalue weighted by Gasteiger charge is -2.16. The maximum Gasteiger partial charge on any atom is 0.340 e. The van der Waals surface area contributed by atoms with E-state index in [0.29, 0.717) is 22.0 Å². The molecule has 0 bridgehead atoms. The number of esters is 1. The molecule has 0 saturated carbocycles. The van der Waals surface area contributed by atoms with Gasteiger partial charge in [0.1, 0.15) is 5.75 Å². The Bertz CT molecular complexity index is 797. The molecular formula is C19H20ClNO4S. The summed E-state index contributed by atoms with van der Waals surface area (Å²) >= 11 is 7.50. The van der Waals surface area contributed by atoms with Crippen molar-refractivity contribution in [1.82, 2.24) is 0 Å². The first-order valence-electron chi connectivity index (χ1n) is 8.03. The van der Waals surface area contributed by atoms with Crippen molar-refractivity contribution >= 4 is 40.9 Å². The summed E-state index contributed by atoms with van der Waals surface area (Å²) in [5.41, 5.74) is 0.856. The summed E-state index contributed by atoms with van der Waals surface area (Å²) in [6.07, 6.45) is -0.981. The topological polar surface area (TPSA) is 64.6 Å². The highest BCUT2D eigenvalue weighted by Gasteiger charge is 2.21. The molecule has 0 heterocycles. The van der Waals surface area contributed by atoms with Crippen LogP contribution in [0.2, 0.25) is 5.02 Å². The minimum Gasteiger partial charge on any atom is -0.495 e. The van der Waals surface area contributed by atoms with Gasteiger partial charge in [0, 0.05) is 9.92 Å². The van der Waals surface area contributed by atoms with Crippen molar-refractivity contribution in [3.8, 4) is 5.75 Å². The molecule has 7 heteroatoms. The van der Waals surface area contributed by atoms with E-state index in [0.717, 1.165) is 10.6 Å². The number of ether oxygens (including phenoxy) is 2. The van der Waals surface area contributed by atoms with E-state index < -0.39 is 18.0 Å². The van der Waals surface area contributed by atoms with Crippen molar-refractivity contribution in [3.05, 3.63) is 53.1 Å². The molecule has 0 unspecified atom stereocenters. The Morgan fingerprint density at radius 2 is 1.96 bits per heavy atom. The first kappa shape index (κ1) is 20.1. The van der Waals surface area contributed by atoms with Gasteiger partial charge in [0.2, 0.25) is 0 Å². The molecule has 138 valence electrons. The number of benzene rings is 2. The number of carbonyl (C=O) groups excluding carboxylic acids is 2. The summed E-state index contributed by atoms with van der Waals surface area (Å²) in [4.78, 5) is 25.6. The molecule has 0 aromatic heterocycles. The van der Waals surface area contributed by atoms with Gasteiger partial charge in [0.05, 0.1) is 18.4 Å². The molecule has 1 N–H and O–H groups in total. The molecule has 0 saturated heterocycles. The van der Waals surface area contributed by atoms with E-state index in [9.17, 15) is 9.59 Å². The maximum atomic E-state index is 12.4. The lowest BCUT2D eigenvalue weighted by atomic mass is 10.2. The third kappa shape index (κ3) is 5.16. The predicted octanol–water partition coefficient (Wildman–Crippen LogP) is 4.64. The number of anilines is 1. The van der Waals surface area contributed by atoms with Crippen molar-refractivity contribution in [1.29, 1.82) is 0 Å². The van der Waals surface area contributed by atoms with Crippen molar-refractivity contribution in [2.75, 3.05) is 18.2 Å². The molecule has 0 aliphatic rings. The van der Waals surface area contributed by atoms with Crippen LogP contribution in [-0.4, -0.2) is 30.8 Å². The Kier molecular flexibility index (Phi) is 7.36. The van der Waals surface area contributed by atoms with Gasteiger partial charge in [-0.2, -0.15) is 0 Å². The standard InChI is InChI=1S/C19H20ClNO4S/c1-4-26-17-8-6-5-7-14(17)19(23)25-12(2)18(22)21-15-11-13(20)9-10-16(15)24-3/h5-12H,4H2,1-3H3,(H,21,22)/t12-/m0/s1. The Hall–Kier alpha value is -2.18. The molecule has 2 aromatic rings. The van der Waals surface area contributed by atoms with Gasteiger partial charge in [-0.25, -0.2) is 4.79 Å². The fraction of sp³-hybridized carbons (Fsp3) is 0.263. The molecule has 2 aromatic carbocycles. The summed E-state index contributed by atoms with van der Waals surface area (Å²) in [5, 5.41) is 3.12. The molecule has 0 radical (unpaired) electrons. The zero-order valence-electron chi connectivity index (χ0n) is 14.7. The quantitative estimate of drug-likeness (QED) is 0.548. The van der Waals surface area contributed by atoms with Crippen LogP contribution in [0, 0.1) is 0 Å². The van der Waals surface area contributed by atoms with E-state index in [1.165, 1.54) is 14.0 Å². The van der Waals surface area contributed by atoms with Gasteiger partial charge in [0.15, 0.2) is 6.10 Å². The molecule has 5 nitrogen and oxygen atoms in total. The molecule has 0 aliphatic heterocycles. The highest BCUT2D eigenvalue weighted by atomic mass is 35.5. The van der Waals surface area contributed by atoms with Crippen LogP contribution in [0.25, 0.3) is 0 Å². The number of hydrogen-bond acceptors (Lipinski definition) is 5. The van der Waals surface area contributed by atoms with Crippen molar-refractivity contribution in [2.45, 2.75) is 24.8 Å². The number of amides is 1. The highest BCUT2D eigenvalue weighted by molar-refractivity contribution is 7.99. The SMILES string of the molecule is CCSc1ccccc1C(=O)O[C@@H](C)C(=O)Nc1cc(Cl)ccc1OC. The third-order valence-corrected chi connectivity index (χ3v) is 4.67. The Morgan fingerprint density at radius 3 is 2.65 bits per heavy atom. The van der Waals surface area contributed by atoms with Gasteiger partial charge in [-0.1, -0.05) is 30.7 Å². The van der Waals surface area contributed by atoms with Crippen molar-refractivity contribution < 1.29 is 19.1 Å². The van der Waals surface area contributed by atoms with E-state index in [4.69, 9.17) is 21.1 Å². The highest BCUT2D eigenvalue weighted by Crippen LogP contribution is 2.28. The smallest absolute Gasteiger partial charge is 0.340 e. The Balaban J connectivity index is 2.08. The van der Waals surface area contributed by atoms with Crippen LogP contribution in [-0.2, 0) is 9.53 Å². The van der Waals surface area contributed by atoms with Crippen molar-refractivity contribution in [3.63, 3.8) is 0 Å². The second-order valence-electron chi connectivity index (χ2n) is 5.31. The van der Waals surface area contributed by atoms with Crippen LogP contribution >= 0.6 is 23.4 Å². The summed E-state index contributed by atoms with van der Waals surface area (Å²) in [6.45, 7) is 3.51. The molecule has 1 atom stereocenters. The maximum absolute atomic E-state index is 12.4. The van der Waals surface area contributed by atoms with E-state index in [1.807, 2.05) is 19.1 Å². The summed E-state index contributed by atoms with van der Waals surface area (Å²) in [7, 11) is 1.49. The van der Waals surface area contributed by atoms with Gasteiger partial charge in [0.25, 0.3) is 5.91 Å². The normalized spacial score (nSPS) is 11.5. The molecule has 2 rings (SSSR count). The monoisotopic (exact) mass is 393 g/mol. The van der Waals surface area contributed by atoms with E-state index in [2.05, 4.69) is 5.32 Å². The van der Waals surface area contributed by atoms with Gasteiger partial charge in [-0.05, 0) is 43.0 Å². The predicted molar refractivity (Wildman–Crippen MR) is 104 cm³/mol. The van der Waals surface area contributed by atoms with Crippen LogP contribution in [0.5, 0.6) is 5.75 Å². The zero-order valence-corrected chi connectivity index (χ0v) is 16.3. The lowest BCUT2D eigenvalue weighted by molar-refractivity contribution is -0.123. The minimum absolute atomic E-state index is 0.412. The van der Waals surface area contributed by atoms with Gasteiger partial charge in [-0.3, -0.25) is 4.79 Å². The van der Waals surface area contributed by atoms with Gasteiger partial charge >= 0.3 is 5.97 Å². The molecule has 0 fully saturated rings. The Morgan fingerprint density at radius 1 is 1.23 bits per heavy atom. The number of halogens is 1. The number of thioether (sulfide) groups is 1. The fourth-order valence-corrected chi connectivity index (χ4v) is 3.17. The van der Waals surface area contributed by atoms with E-state index in [-0.39, 0.29) is 0 Å². The number of hydrogen-bond donors (Lipinski definition) is 1. The first-order chi connectivity index (χ1) is 12.5. The third-order valence-electron chi connectivity index (χ3n) is 3.48. The number of carbonyl (C=O) groups is 2. The molecule has 26 heavy (non-hydrogen) atoms. The average Bonchev–Trinajstić information content (AvgIpc) is 2.62.